The van der Waals surface area contributed by atoms with Gasteiger partial charge in [-0.05, 0) is 41.7 Å². The van der Waals surface area contributed by atoms with E-state index in [1.54, 1.807) is 24.3 Å². The molecule has 8 heteroatoms. The van der Waals surface area contributed by atoms with Gasteiger partial charge in [-0.25, -0.2) is 9.40 Å². The number of nitriles is 1. The summed E-state index contributed by atoms with van der Waals surface area (Å²) >= 11 is 0. The molecule has 1 aromatic heterocycles. The van der Waals surface area contributed by atoms with Gasteiger partial charge in [0.2, 0.25) is 0 Å². The number of nitrogens with two attached hydrogens (primary N) is 1. The molecule has 2 aromatic rings. The Balaban J connectivity index is 1.86. The minimum atomic E-state index is -0.728. The smallest absolute Gasteiger partial charge is 0.270 e. The first-order valence-electron chi connectivity index (χ1n) is 10.1. The Bertz CT molecular complexity index is 1190. The third kappa shape index (κ3) is 3.73. The van der Waals surface area contributed by atoms with Gasteiger partial charge in [-0.2, -0.15) is 5.26 Å². The number of Topliss-reactive ketones (excluding diaryl/α,β-unsaturated/α-hetero) is 1. The fourth-order valence-corrected chi connectivity index (χ4v) is 4.29. The van der Waals surface area contributed by atoms with E-state index >= 15 is 0 Å². The molecular weight excluding hydrogens is 409 g/mol. The van der Waals surface area contributed by atoms with Crippen LogP contribution in [0, 0.1) is 22.6 Å². The average Bonchev–Trinajstić information content (AvgIpc) is 2.76. The molecule has 1 aromatic carbocycles. The van der Waals surface area contributed by atoms with E-state index in [0.717, 1.165) is 0 Å². The number of hydrogen-bond donors (Lipinski definition) is 2. The third-order valence-electron chi connectivity index (χ3n) is 5.74. The molecule has 1 aliphatic heterocycles. The van der Waals surface area contributed by atoms with Crippen molar-refractivity contribution in [2.45, 2.75) is 32.6 Å². The molecule has 1 amide bonds. The number of hydrazine groups is 1. The summed E-state index contributed by atoms with van der Waals surface area (Å²) in [6, 6.07) is 10.9. The predicted molar refractivity (Wildman–Crippen MR) is 115 cm³/mol. The molecule has 32 heavy (non-hydrogen) atoms. The molecule has 162 valence electrons. The number of nitrogens with zero attached hydrogens (tertiary/aromatic N) is 3. The quantitative estimate of drug-likeness (QED) is 0.771. The van der Waals surface area contributed by atoms with E-state index in [0.29, 0.717) is 28.8 Å². The third-order valence-corrected chi connectivity index (χ3v) is 5.74. The van der Waals surface area contributed by atoms with Crippen molar-refractivity contribution >= 4 is 11.7 Å². The van der Waals surface area contributed by atoms with E-state index in [9.17, 15) is 19.2 Å². The second-order valence-electron chi connectivity index (χ2n) is 8.71. The van der Waals surface area contributed by atoms with Gasteiger partial charge in [0.15, 0.2) is 5.78 Å². The summed E-state index contributed by atoms with van der Waals surface area (Å²) in [4.78, 5) is 30.1. The van der Waals surface area contributed by atoms with E-state index in [-0.39, 0.29) is 29.0 Å². The fourth-order valence-electron chi connectivity index (χ4n) is 4.29. The number of ketones is 1. The van der Waals surface area contributed by atoms with Crippen LogP contribution in [0.25, 0.3) is 0 Å². The number of nitrogens with one attached hydrogen (secondary N) is 1. The largest absolute Gasteiger partial charge is 0.383 e. The number of allylic oxidation sites excluding steroid dienone is 3. The summed E-state index contributed by atoms with van der Waals surface area (Å²) in [6.45, 7) is 3.92. The van der Waals surface area contributed by atoms with Crippen LogP contribution in [0.1, 0.15) is 48.5 Å². The Morgan fingerprint density at radius 2 is 1.88 bits per heavy atom. The van der Waals surface area contributed by atoms with Crippen LogP contribution in [0.4, 0.5) is 4.39 Å². The topological polar surface area (TPSA) is 112 Å². The lowest BCUT2D eigenvalue weighted by Crippen LogP contribution is -2.49. The molecule has 0 bridgehead atoms. The number of halogens is 1. The molecule has 0 spiro atoms. The molecule has 3 N–H and O–H groups in total. The van der Waals surface area contributed by atoms with Crippen molar-refractivity contribution in [3.05, 3.63) is 88.4 Å². The Morgan fingerprint density at radius 3 is 2.50 bits per heavy atom. The van der Waals surface area contributed by atoms with Gasteiger partial charge in [0.25, 0.3) is 5.91 Å². The fraction of sp³-hybridized carbons (Fsp3) is 0.250. The molecule has 7 nitrogen and oxygen atoms in total. The van der Waals surface area contributed by atoms with Gasteiger partial charge in [-0.3, -0.25) is 20.0 Å². The summed E-state index contributed by atoms with van der Waals surface area (Å²) in [5.74, 6) is -1.69. The first-order valence-corrected chi connectivity index (χ1v) is 10.1. The van der Waals surface area contributed by atoms with E-state index in [1.165, 1.54) is 29.5 Å². The monoisotopic (exact) mass is 431 g/mol. The zero-order chi connectivity index (χ0) is 23.0. The Morgan fingerprint density at radius 1 is 1.22 bits per heavy atom. The number of rotatable bonds is 3. The molecule has 1 atom stereocenters. The summed E-state index contributed by atoms with van der Waals surface area (Å²) < 4.78 is 13.5. The van der Waals surface area contributed by atoms with Crippen LogP contribution < -0.4 is 11.2 Å². The molecule has 0 saturated carbocycles. The first-order chi connectivity index (χ1) is 15.2. The van der Waals surface area contributed by atoms with Crippen molar-refractivity contribution in [1.82, 2.24) is 15.4 Å². The van der Waals surface area contributed by atoms with Crippen molar-refractivity contribution in [3.8, 4) is 6.07 Å². The Labute approximate surface area is 185 Å². The van der Waals surface area contributed by atoms with Crippen LogP contribution in [0.3, 0.4) is 0 Å². The van der Waals surface area contributed by atoms with E-state index < -0.39 is 17.6 Å². The van der Waals surface area contributed by atoms with Gasteiger partial charge in [-0.15, -0.1) is 0 Å². The summed E-state index contributed by atoms with van der Waals surface area (Å²) in [5, 5.41) is 11.3. The van der Waals surface area contributed by atoms with E-state index in [4.69, 9.17) is 5.73 Å². The van der Waals surface area contributed by atoms with Crippen molar-refractivity contribution < 1.29 is 14.0 Å². The van der Waals surface area contributed by atoms with Gasteiger partial charge in [-0.1, -0.05) is 26.0 Å². The number of carbonyl (C=O) groups is 2. The van der Waals surface area contributed by atoms with Crippen LogP contribution in [0.2, 0.25) is 0 Å². The molecule has 1 aliphatic carbocycles. The molecule has 1 unspecified atom stereocenters. The summed E-state index contributed by atoms with van der Waals surface area (Å²) in [6.07, 6.45) is 3.73. The second kappa shape index (κ2) is 7.93. The second-order valence-corrected chi connectivity index (χ2v) is 8.71. The van der Waals surface area contributed by atoms with Gasteiger partial charge < -0.3 is 5.73 Å². The van der Waals surface area contributed by atoms with Crippen molar-refractivity contribution in [1.29, 1.82) is 5.26 Å². The van der Waals surface area contributed by atoms with E-state index in [1.807, 2.05) is 13.8 Å². The maximum absolute atomic E-state index is 13.5. The standard InChI is InChI=1S/C24H22FN5O2/c1-24(2)11-18-21(19(31)12-24)20(14-3-5-16(25)6-4-14)17(13-26)22(27)30(18)29-23(32)15-7-9-28-10-8-15/h3-10,20H,11-12,27H2,1-2H3,(H,29,32). The zero-order valence-corrected chi connectivity index (χ0v) is 17.7. The predicted octanol–water partition coefficient (Wildman–Crippen LogP) is 3.30. The van der Waals surface area contributed by atoms with Crippen LogP contribution in [-0.4, -0.2) is 21.7 Å². The Kier molecular flexibility index (Phi) is 5.26. The number of aromatic nitrogens is 1. The van der Waals surface area contributed by atoms with Crippen LogP contribution in [0.15, 0.2) is 71.5 Å². The normalized spacial score (nSPS) is 20.0. The minimum Gasteiger partial charge on any atom is -0.383 e. The number of pyridine rings is 1. The van der Waals surface area contributed by atoms with Gasteiger partial charge in [0.1, 0.15) is 11.6 Å². The minimum absolute atomic E-state index is 0.0356. The zero-order valence-electron chi connectivity index (χ0n) is 17.7. The molecule has 0 radical (unpaired) electrons. The molecule has 0 fully saturated rings. The maximum atomic E-state index is 13.5. The highest BCUT2D eigenvalue weighted by Gasteiger charge is 2.44. The van der Waals surface area contributed by atoms with Gasteiger partial charge in [0, 0.05) is 30.0 Å². The van der Waals surface area contributed by atoms with Crippen molar-refractivity contribution in [2.24, 2.45) is 11.1 Å². The van der Waals surface area contributed by atoms with E-state index in [2.05, 4.69) is 16.5 Å². The average molecular weight is 431 g/mol. The van der Waals surface area contributed by atoms with Gasteiger partial charge >= 0.3 is 0 Å². The van der Waals surface area contributed by atoms with Crippen LogP contribution in [-0.2, 0) is 4.79 Å². The van der Waals surface area contributed by atoms with Crippen molar-refractivity contribution in [2.75, 3.05) is 0 Å². The number of hydrogen-bond acceptors (Lipinski definition) is 6. The highest BCUT2D eigenvalue weighted by atomic mass is 19.1. The van der Waals surface area contributed by atoms with Gasteiger partial charge in [0.05, 0.1) is 23.3 Å². The van der Waals surface area contributed by atoms with Crippen LogP contribution in [0.5, 0.6) is 0 Å². The highest BCUT2D eigenvalue weighted by Crippen LogP contribution is 2.48. The SMILES string of the molecule is CC1(C)CC(=O)C2=C(C1)N(NC(=O)c1ccncc1)C(N)=C(C#N)C2c1ccc(F)cc1. The first kappa shape index (κ1) is 21.2. The number of benzene rings is 1. The molecular formula is C24H22FN5O2. The lowest BCUT2D eigenvalue weighted by Gasteiger charge is -2.43. The maximum Gasteiger partial charge on any atom is 0.270 e. The summed E-state index contributed by atoms with van der Waals surface area (Å²) in [5.41, 5.74) is 10.8. The number of amides is 1. The lowest BCUT2D eigenvalue weighted by molar-refractivity contribution is -0.118. The molecule has 0 saturated heterocycles. The van der Waals surface area contributed by atoms with Crippen molar-refractivity contribution in [3.63, 3.8) is 0 Å². The van der Waals surface area contributed by atoms with Crippen LogP contribution >= 0.6 is 0 Å². The molecule has 2 heterocycles. The lowest BCUT2D eigenvalue weighted by atomic mass is 9.69. The highest BCUT2D eigenvalue weighted by molar-refractivity contribution is 6.00. The molecule has 4 rings (SSSR count). The Hall–Kier alpha value is -3.99. The molecule has 2 aliphatic rings. The summed E-state index contributed by atoms with van der Waals surface area (Å²) in [7, 11) is 0. The number of carbonyl (C=O) groups excluding carboxylic acids is 2.